The van der Waals surface area contributed by atoms with Crippen LogP contribution in [0.4, 0.5) is 10.1 Å². The Morgan fingerprint density at radius 2 is 1.76 bits per heavy atom. The van der Waals surface area contributed by atoms with Crippen molar-refractivity contribution in [2.45, 2.75) is 25.3 Å². The van der Waals surface area contributed by atoms with Crippen LogP contribution in [-0.2, 0) is 11.2 Å². The van der Waals surface area contributed by atoms with E-state index in [1.807, 2.05) is 41.3 Å². The van der Waals surface area contributed by atoms with Crippen LogP contribution in [0.3, 0.4) is 0 Å². The zero-order valence-electron chi connectivity index (χ0n) is 18.9. The number of hydrogen-bond acceptors (Lipinski definition) is 3. The molecule has 5 rings (SSSR count). The zero-order chi connectivity index (χ0) is 22.8. The molecule has 0 aromatic heterocycles. The van der Waals surface area contributed by atoms with Crippen molar-refractivity contribution < 1.29 is 13.9 Å². The van der Waals surface area contributed by atoms with Crippen molar-refractivity contribution in [3.8, 4) is 5.75 Å². The number of ether oxygens (including phenoxy) is 1. The van der Waals surface area contributed by atoms with Crippen molar-refractivity contribution in [3.63, 3.8) is 0 Å². The second-order valence-electron chi connectivity index (χ2n) is 9.19. The van der Waals surface area contributed by atoms with E-state index in [1.54, 1.807) is 19.2 Å². The third-order valence-corrected chi connectivity index (χ3v) is 7.23. The van der Waals surface area contributed by atoms with Crippen LogP contribution in [0.2, 0.25) is 0 Å². The Hall–Kier alpha value is -3.34. The molecule has 2 heterocycles. The lowest BCUT2D eigenvalue weighted by molar-refractivity contribution is -0.133. The van der Waals surface area contributed by atoms with Crippen LogP contribution < -0.4 is 9.64 Å². The largest absolute Gasteiger partial charge is 0.497 e. The number of carbonyl (C=O) groups is 1. The first kappa shape index (κ1) is 21.5. The highest BCUT2D eigenvalue weighted by atomic mass is 19.1. The number of hydrogen-bond donors (Lipinski definition) is 0. The van der Waals surface area contributed by atoms with Gasteiger partial charge in [-0.1, -0.05) is 48.5 Å². The minimum Gasteiger partial charge on any atom is -0.497 e. The number of nitrogens with zero attached hydrogens (tertiary/aromatic N) is 2. The number of likely N-dealkylation sites (tertiary alicyclic amines) is 1. The van der Waals surface area contributed by atoms with Gasteiger partial charge in [0.1, 0.15) is 11.6 Å². The van der Waals surface area contributed by atoms with E-state index in [1.165, 1.54) is 11.6 Å². The molecule has 1 spiro atoms. The van der Waals surface area contributed by atoms with Gasteiger partial charge in [-0.3, -0.25) is 4.79 Å². The fraction of sp³-hybridized carbons (Fsp3) is 0.321. The van der Waals surface area contributed by atoms with E-state index in [9.17, 15) is 9.18 Å². The van der Waals surface area contributed by atoms with Gasteiger partial charge in [0.2, 0.25) is 5.91 Å². The summed E-state index contributed by atoms with van der Waals surface area (Å²) in [5.74, 6) is 0.726. The van der Waals surface area contributed by atoms with Gasteiger partial charge in [0.15, 0.2) is 0 Å². The number of rotatable bonds is 5. The van der Waals surface area contributed by atoms with Gasteiger partial charge in [-0.2, -0.15) is 0 Å². The van der Waals surface area contributed by atoms with Crippen molar-refractivity contribution in [1.82, 2.24) is 4.90 Å². The summed E-state index contributed by atoms with van der Waals surface area (Å²) in [7, 11) is 1.64. The first-order valence-corrected chi connectivity index (χ1v) is 11.6. The predicted octanol–water partition coefficient (Wildman–Crippen LogP) is 5.25. The monoisotopic (exact) mass is 444 g/mol. The highest BCUT2D eigenvalue weighted by molar-refractivity contribution is 5.79. The van der Waals surface area contributed by atoms with Crippen molar-refractivity contribution in [3.05, 3.63) is 95.8 Å². The molecule has 3 aromatic rings. The molecule has 0 N–H and O–H groups in total. The van der Waals surface area contributed by atoms with Crippen LogP contribution in [0.25, 0.3) is 0 Å². The topological polar surface area (TPSA) is 32.8 Å². The smallest absolute Gasteiger partial charge is 0.226 e. The third kappa shape index (κ3) is 4.20. The molecule has 2 saturated heterocycles. The first-order valence-electron chi connectivity index (χ1n) is 11.6. The Kier molecular flexibility index (Phi) is 5.79. The number of halogens is 1. The molecule has 2 fully saturated rings. The summed E-state index contributed by atoms with van der Waals surface area (Å²) in [4.78, 5) is 17.3. The summed E-state index contributed by atoms with van der Waals surface area (Å²) in [6.45, 7) is 2.39. The maximum Gasteiger partial charge on any atom is 0.226 e. The summed E-state index contributed by atoms with van der Waals surface area (Å²) in [5, 5.41) is 0. The SMILES string of the molecule is COc1cccc(CC(=O)N2CCC3(CC2)CN(c2cccc(F)c2)C3c2ccccc2)c1. The van der Waals surface area contributed by atoms with E-state index in [0.29, 0.717) is 6.42 Å². The molecular formula is C28H29FN2O2. The Bertz CT molecular complexity index is 1130. The zero-order valence-corrected chi connectivity index (χ0v) is 18.9. The molecule has 170 valence electrons. The second-order valence-corrected chi connectivity index (χ2v) is 9.19. The maximum absolute atomic E-state index is 13.9. The normalized spacial score (nSPS) is 19.3. The van der Waals surface area contributed by atoms with E-state index in [4.69, 9.17) is 4.74 Å². The van der Waals surface area contributed by atoms with Crippen molar-refractivity contribution >= 4 is 11.6 Å². The van der Waals surface area contributed by atoms with Gasteiger partial charge in [-0.05, 0) is 54.3 Å². The van der Waals surface area contributed by atoms with Crippen LogP contribution in [0, 0.1) is 11.2 Å². The minimum atomic E-state index is -0.210. The quantitative estimate of drug-likeness (QED) is 0.539. The number of anilines is 1. The Morgan fingerprint density at radius 3 is 2.48 bits per heavy atom. The lowest BCUT2D eigenvalue weighted by Gasteiger charge is -2.61. The number of amides is 1. The van der Waals surface area contributed by atoms with E-state index in [0.717, 1.165) is 49.5 Å². The molecule has 2 aliphatic rings. The van der Waals surface area contributed by atoms with Crippen LogP contribution in [0.1, 0.15) is 30.0 Å². The molecule has 0 saturated carbocycles. The summed E-state index contributed by atoms with van der Waals surface area (Å²) in [6, 6.07) is 25.3. The van der Waals surface area contributed by atoms with Gasteiger partial charge in [-0.15, -0.1) is 0 Å². The maximum atomic E-state index is 13.9. The molecule has 0 bridgehead atoms. The molecule has 5 heteroatoms. The van der Waals surface area contributed by atoms with E-state index in [-0.39, 0.29) is 23.2 Å². The lowest BCUT2D eigenvalue weighted by atomic mass is 9.63. The fourth-order valence-corrected chi connectivity index (χ4v) is 5.50. The summed E-state index contributed by atoms with van der Waals surface area (Å²) in [6.07, 6.45) is 2.28. The van der Waals surface area contributed by atoms with Gasteiger partial charge < -0.3 is 14.5 Å². The molecule has 33 heavy (non-hydrogen) atoms. The Balaban J connectivity index is 1.31. The van der Waals surface area contributed by atoms with Gasteiger partial charge in [0.25, 0.3) is 0 Å². The van der Waals surface area contributed by atoms with E-state index < -0.39 is 0 Å². The summed E-state index contributed by atoms with van der Waals surface area (Å²) in [5.41, 5.74) is 3.25. The average Bonchev–Trinajstić information content (AvgIpc) is 2.83. The molecule has 1 atom stereocenters. The van der Waals surface area contributed by atoms with Crippen LogP contribution in [0.5, 0.6) is 5.75 Å². The number of carbonyl (C=O) groups excluding carboxylic acids is 1. The van der Waals surface area contributed by atoms with Gasteiger partial charge in [0, 0.05) is 30.7 Å². The van der Waals surface area contributed by atoms with Crippen LogP contribution >= 0.6 is 0 Å². The number of piperidine rings is 1. The Morgan fingerprint density at radius 1 is 1.00 bits per heavy atom. The molecule has 1 amide bonds. The highest BCUT2D eigenvalue weighted by Crippen LogP contribution is 2.56. The molecule has 0 radical (unpaired) electrons. The summed E-state index contributed by atoms with van der Waals surface area (Å²) < 4.78 is 19.2. The fourth-order valence-electron chi connectivity index (χ4n) is 5.50. The average molecular weight is 445 g/mol. The third-order valence-electron chi connectivity index (χ3n) is 7.23. The highest BCUT2D eigenvalue weighted by Gasteiger charge is 2.54. The van der Waals surface area contributed by atoms with Crippen molar-refractivity contribution in [1.29, 1.82) is 0 Å². The molecule has 4 nitrogen and oxygen atoms in total. The second kappa shape index (κ2) is 8.89. The van der Waals surface area contributed by atoms with Gasteiger partial charge in [0.05, 0.1) is 19.6 Å². The van der Waals surface area contributed by atoms with Crippen LogP contribution in [-0.4, -0.2) is 37.6 Å². The standard InChI is InChI=1S/C28H29FN2O2/c1-33-25-12-5-7-21(17-25)18-26(32)30-15-13-28(14-16-30)20-31(24-11-6-10-23(29)19-24)27(28)22-8-3-2-4-9-22/h2-12,17,19,27H,13-16,18,20H2,1H3. The van der Waals surface area contributed by atoms with Crippen LogP contribution in [0.15, 0.2) is 78.9 Å². The molecule has 1 unspecified atom stereocenters. The van der Waals surface area contributed by atoms with Gasteiger partial charge >= 0.3 is 0 Å². The van der Waals surface area contributed by atoms with Gasteiger partial charge in [-0.25, -0.2) is 4.39 Å². The first-order chi connectivity index (χ1) is 16.1. The molecule has 3 aromatic carbocycles. The summed E-state index contributed by atoms with van der Waals surface area (Å²) >= 11 is 0. The lowest BCUT2D eigenvalue weighted by Crippen LogP contribution is -2.63. The Labute approximate surface area is 194 Å². The molecule has 2 aliphatic heterocycles. The number of methoxy groups -OCH3 is 1. The number of benzene rings is 3. The minimum absolute atomic E-state index is 0.0976. The predicted molar refractivity (Wildman–Crippen MR) is 128 cm³/mol. The van der Waals surface area contributed by atoms with Crippen molar-refractivity contribution in [2.24, 2.45) is 5.41 Å². The van der Waals surface area contributed by atoms with E-state index in [2.05, 4.69) is 29.2 Å². The molecule has 0 aliphatic carbocycles. The van der Waals surface area contributed by atoms with E-state index >= 15 is 0 Å². The molecular weight excluding hydrogens is 415 g/mol. The van der Waals surface area contributed by atoms with Crippen molar-refractivity contribution in [2.75, 3.05) is 31.6 Å².